The highest BCUT2D eigenvalue weighted by atomic mass is 19.1. The largest absolute Gasteiger partial charge is 0.494 e. The number of urea groups is 1. The minimum absolute atomic E-state index is 0.102. The Kier molecular flexibility index (Phi) is 5.27. The molecule has 0 spiro atoms. The quantitative estimate of drug-likeness (QED) is 0.891. The molecule has 0 unspecified atom stereocenters. The molecule has 7 nitrogen and oxygen atoms in total. The van der Waals surface area contributed by atoms with E-state index in [0.29, 0.717) is 18.8 Å². The van der Waals surface area contributed by atoms with E-state index in [9.17, 15) is 9.18 Å². The predicted octanol–water partition coefficient (Wildman–Crippen LogP) is 2.73. The molecule has 2 heterocycles. The standard InChI is InChI=1S/C17H20FN5O2/c1-25-15-11-13(4-5-14(15)18)21-17(24)23-9-6-12(7-10-23)20-16-3-2-8-19-22-16/h2-5,8,11-12H,6-7,9-10H2,1H3,(H,20,22)(H,21,24). The molecular formula is C17H20FN5O2. The fraction of sp³-hybridized carbons (Fsp3) is 0.353. The zero-order chi connectivity index (χ0) is 17.6. The van der Waals surface area contributed by atoms with Gasteiger partial charge in [0.1, 0.15) is 5.82 Å². The average molecular weight is 345 g/mol. The second-order valence-electron chi connectivity index (χ2n) is 5.79. The molecule has 8 heteroatoms. The van der Waals surface area contributed by atoms with Gasteiger partial charge >= 0.3 is 6.03 Å². The maximum Gasteiger partial charge on any atom is 0.321 e. The molecule has 2 N–H and O–H groups in total. The van der Waals surface area contributed by atoms with Crippen LogP contribution in [0.25, 0.3) is 0 Å². The first-order chi connectivity index (χ1) is 12.2. The highest BCUT2D eigenvalue weighted by Crippen LogP contribution is 2.22. The molecule has 1 aliphatic heterocycles. The second-order valence-corrected chi connectivity index (χ2v) is 5.79. The molecule has 132 valence electrons. The van der Waals surface area contributed by atoms with Crippen molar-refractivity contribution in [2.75, 3.05) is 30.8 Å². The van der Waals surface area contributed by atoms with Crippen molar-refractivity contribution < 1.29 is 13.9 Å². The number of likely N-dealkylation sites (tertiary alicyclic amines) is 1. The molecule has 1 saturated heterocycles. The van der Waals surface area contributed by atoms with Crippen LogP contribution in [0.2, 0.25) is 0 Å². The van der Waals surface area contributed by atoms with E-state index in [0.717, 1.165) is 18.7 Å². The molecule has 0 aliphatic carbocycles. The highest BCUT2D eigenvalue weighted by molar-refractivity contribution is 5.89. The molecule has 2 aromatic rings. The van der Waals surface area contributed by atoms with Gasteiger partial charge in [-0.15, -0.1) is 5.10 Å². The number of aromatic nitrogens is 2. The van der Waals surface area contributed by atoms with Crippen LogP contribution in [-0.4, -0.2) is 47.4 Å². The monoisotopic (exact) mass is 345 g/mol. The SMILES string of the molecule is COc1cc(NC(=O)N2CCC(Nc3cccnn3)CC2)ccc1F. The molecule has 2 amide bonds. The van der Waals surface area contributed by atoms with Gasteiger partial charge in [0, 0.05) is 37.1 Å². The molecule has 3 rings (SSSR count). The van der Waals surface area contributed by atoms with Gasteiger partial charge in [0.25, 0.3) is 0 Å². The number of carbonyl (C=O) groups excluding carboxylic acids is 1. The smallest absolute Gasteiger partial charge is 0.321 e. The lowest BCUT2D eigenvalue weighted by Gasteiger charge is -2.32. The van der Waals surface area contributed by atoms with Crippen LogP contribution in [-0.2, 0) is 0 Å². The lowest BCUT2D eigenvalue weighted by Crippen LogP contribution is -2.44. The Labute approximate surface area is 145 Å². The van der Waals surface area contributed by atoms with Gasteiger partial charge in [0.15, 0.2) is 11.6 Å². The van der Waals surface area contributed by atoms with Crippen LogP contribution < -0.4 is 15.4 Å². The van der Waals surface area contributed by atoms with E-state index in [2.05, 4.69) is 20.8 Å². The normalized spacial score (nSPS) is 14.9. The topological polar surface area (TPSA) is 79.4 Å². The first-order valence-electron chi connectivity index (χ1n) is 8.09. The summed E-state index contributed by atoms with van der Waals surface area (Å²) in [6, 6.07) is 8.00. The number of hydrogen-bond acceptors (Lipinski definition) is 5. The summed E-state index contributed by atoms with van der Waals surface area (Å²) in [6.45, 7) is 1.25. The van der Waals surface area contributed by atoms with E-state index in [1.165, 1.54) is 25.3 Å². The summed E-state index contributed by atoms with van der Waals surface area (Å²) in [5.41, 5.74) is 0.503. The fourth-order valence-corrected chi connectivity index (χ4v) is 2.75. The molecule has 1 aliphatic rings. The number of methoxy groups -OCH3 is 1. The molecular weight excluding hydrogens is 325 g/mol. The molecule has 0 radical (unpaired) electrons. The van der Waals surface area contributed by atoms with Crippen LogP contribution in [0.3, 0.4) is 0 Å². The van der Waals surface area contributed by atoms with Gasteiger partial charge in [0.2, 0.25) is 0 Å². The van der Waals surface area contributed by atoms with Gasteiger partial charge in [-0.2, -0.15) is 5.10 Å². The van der Waals surface area contributed by atoms with E-state index in [1.807, 2.05) is 12.1 Å². The molecule has 1 aromatic carbocycles. The van der Waals surface area contributed by atoms with Crippen molar-refractivity contribution in [2.45, 2.75) is 18.9 Å². The molecule has 1 aromatic heterocycles. The third-order valence-corrected chi connectivity index (χ3v) is 4.11. The zero-order valence-electron chi connectivity index (χ0n) is 13.9. The minimum Gasteiger partial charge on any atom is -0.494 e. The molecule has 0 atom stereocenters. The Bertz CT molecular complexity index is 720. The third kappa shape index (κ3) is 4.34. The van der Waals surface area contributed by atoms with Crippen molar-refractivity contribution in [3.63, 3.8) is 0 Å². The summed E-state index contributed by atoms with van der Waals surface area (Å²) in [4.78, 5) is 14.1. The number of ether oxygens (including phenoxy) is 1. The Morgan fingerprint density at radius 2 is 2.12 bits per heavy atom. The predicted molar refractivity (Wildman–Crippen MR) is 92.2 cm³/mol. The van der Waals surface area contributed by atoms with Gasteiger partial charge in [-0.3, -0.25) is 0 Å². The maximum atomic E-state index is 13.4. The number of halogens is 1. The molecule has 1 fully saturated rings. The number of rotatable bonds is 4. The van der Waals surface area contributed by atoms with E-state index in [1.54, 1.807) is 11.1 Å². The van der Waals surface area contributed by atoms with Gasteiger partial charge in [0.05, 0.1) is 7.11 Å². The van der Waals surface area contributed by atoms with E-state index < -0.39 is 5.82 Å². The van der Waals surface area contributed by atoms with E-state index in [4.69, 9.17) is 4.74 Å². The van der Waals surface area contributed by atoms with Crippen molar-refractivity contribution in [1.29, 1.82) is 0 Å². The summed E-state index contributed by atoms with van der Waals surface area (Å²) in [5, 5.41) is 13.9. The van der Waals surface area contributed by atoms with Crippen LogP contribution in [0.5, 0.6) is 5.75 Å². The zero-order valence-corrected chi connectivity index (χ0v) is 13.9. The molecule has 0 saturated carbocycles. The number of anilines is 2. The van der Waals surface area contributed by atoms with Crippen molar-refractivity contribution >= 4 is 17.5 Å². The van der Waals surface area contributed by atoms with Crippen LogP contribution in [0.1, 0.15) is 12.8 Å². The van der Waals surface area contributed by atoms with Gasteiger partial charge in [-0.1, -0.05) is 0 Å². The summed E-state index contributed by atoms with van der Waals surface area (Å²) < 4.78 is 18.3. The summed E-state index contributed by atoms with van der Waals surface area (Å²) in [7, 11) is 1.39. The third-order valence-electron chi connectivity index (χ3n) is 4.11. The van der Waals surface area contributed by atoms with Gasteiger partial charge in [-0.05, 0) is 37.1 Å². The van der Waals surface area contributed by atoms with Crippen LogP contribution in [0, 0.1) is 5.82 Å². The molecule has 25 heavy (non-hydrogen) atoms. The molecule has 0 bridgehead atoms. The first kappa shape index (κ1) is 16.9. The Balaban J connectivity index is 1.51. The average Bonchev–Trinajstić information content (AvgIpc) is 2.64. The van der Waals surface area contributed by atoms with Crippen molar-refractivity contribution in [3.8, 4) is 5.75 Å². The Morgan fingerprint density at radius 1 is 1.32 bits per heavy atom. The second kappa shape index (κ2) is 7.78. The lowest BCUT2D eigenvalue weighted by molar-refractivity contribution is 0.197. The van der Waals surface area contributed by atoms with E-state index >= 15 is 0 Å². The van der Waals surface area contributed by atoms with Crippen LogP contribution in [0.4, 0.5) is 20.7 Å². The first-order valence-corrected chi connectivity index (χ1v) is 8.09. The van der Waals surface area contributed by atoms with Crippen molar-refractivity contribution in [2.24, 2.45) is 0 Å². The summed E-state index contributed by atoms with van der Waals surface area (Å²) in [6.07, 6.45) is 3.26. The fourth-order valence-electron chi connectivity index (χ4n) is 2.75. The van der Waals surface area contributed by atoms with E-state index in [-0.39, 0.29) is 17.8 Å². The minimum atomic E-state index is -0.462. The van der Waals surface area contributed by atoms with Crippen molar-refractivity contribution in [1.82, 2.24) is 15.1 Å². The number of piperidine rings is 1. The number of carbonyl (C=O) groups is 1. The maximum absolute atomic E-state index is 13.4. The van der Waals surface area contributed by atoms with Gasteiger partial charge < -0.3 is 20.3 Å². The van der Waals surface area contributed by atoms with Crippen LogP contribution in [0.15, 0.2) is 36.5 Å². The number of nitrogens with zero attached hydrogens (tertiary/aromatic N) is 3. The summed E-state index contributed by atoms with van der Waals surface area (Å²) in [5.74, 6) is 0.380. The Hall–Kier alpha value is -2.90. The van der Waals surface area contributed by atoms with Crippen LogP contribution >= 0.6 is 0 Å². The number of amides is 2. The number of benzene rings is 1. The number of nitrogens with one attached hydrogen (secondary N) is 2. The summed E-state index contributed by atoms with van der Waals surface area (Å²) >= 11 is 0. The lowest BCUT2D eigenvalue weighted by atomic mass is 10.1. The van der Waals surface area contributed by atoms with Gasteiger partial charge in [-0.25, -0.2) is 9.18 Å². The Morgan fingerprint density at radius 3 is 2.80 bits per heavy atom. The highest BCUT2D eigenvalue weighted by Gasteiger charge is 2.23. The van der Waals surface area contributed by atoms with Crippen molar-refractivity contribution in [3.05, 3.63) is 42.3 Å². The number of hydrogen-bond donors (Lipinski definition) is 2.